The largest absolute Gasteiger partial charge is 0.478 e. The standard InChI is InChI=1S/C13H13N3O4/c1-8-11(12(17)18)5-10(20-8)7-15-13(19)16-9-3-2-4-14-6-9/h2-6H,7H2,1H3,(H,17,18)(H2,15,16,19). The summed E-state index contributed by atoms with van der Waals surface area (Å²) >= 11 is 0. The maximum Gasteiger partial charge on any atom is 0.339 e. The Morgan fingerprint density at radius 3 is 2.85 bits per heavy atom. The van der Waals surface area contributed by atoms with Crippen molar-refractivity contribution >= 4 is 17.7 Å². The number of aryl methyl sites for hydroxylation is 1. The summed E-state index contributed by atoms with van der Waals surface area (Å²) in [7, 11) is 0. The van der Waals surface area contributed by atoms with Gasteiger partial charge in [0.25, 0.3) is 0 Å². The van der Waals surface area contributed by atoms with Gasteiger partial charge < -0.3 is 20.2 Å². The first kappa shape index (κ1) is 13.6. The summed E-state index contributed by atoms with van der Waals surface area (Å²) in [5, 5.41) is 14.0. The summed E-state index contributed by atoms with van der Waals surface area (Å²) in [5.41, 5.74) is 0.654. The second-order valence-electron chi connectivity index (χ2n) is 4.04. The Morgan fingerprint density at radius 1 is 1.45 bits per heavy atom. The molecule has 0 saturated heterocycles. The van der Waals surface area contributed by atoms with Gasteiger partial charge in [-0.25, -0.2) is 9.59 Å². The minimum absolute atomic E-state index is 0.0921. The van der Waals surface area contributed by atoms with Crippen LogP contribution >= 0.6 is 0 Å². The number of amides is 2. The molecule has 2 rings (SSSR count). The number of aromatic carboxylic acids is 1. The molecule has 0 spiro atoms. The quantitative estimate of drug-likeness (QED) is 0.791. The van der Waals surface area contributed by atoms with Crippen LogP contribution in [0.1, 0.15) is 21.9 Å². The van der Waals surface area contributed by atoms with Crippen molar-refractivity contribution < 1.29 is 19.1 Å². The fourth-order valence-electron chi connectivity index (χ4n) is 1.62. The molecule has 0 fully saturated rings. The monoisotopic (exact) mass is 275 g/mol. The summed E-state index contributed by atoms with van der Waals surface area (Å²) in [6, 6.07) is 4.36. The van der Waals surface area contributed by atoms with Crippen LogP contribution in [0.15, 0.2) is 35.0 Å². The van der Waals surface area contributed by atoms with Crippen molar-refractivity contribution in [3.05, 3.63) is 47.7 Å². The van der Waals surface area contributed by atoms with E-state index in [2.05, 4.69) is 15.6 Å². The van der Waals surface area contributed by atoms with Gasteiger partial charge in [0, 0.05) is 6.20 Å². The minimum Gasteiger partial charge on any atom is -0.478 e. The molecule has 0 bridgehead atoms. The number of anilines is 1. The second-order valence-corrected chi connectivity index (χ2v) is 4.04. The smallest absolute Gasteiger partial charge is 0.339 e. The highest BCUT2D eigenvalue weighted by Gasteiger charge is 2.14. The summed E-state index contributed by atoms with van der Waals surface area (Å²) in [5.74, 6) is -0.375. The lowest BCUT2D eigenvalue weighted by molar-refractivity contribution is 0.0695. The Bertz CT molecular complexity index is 622. The third kappa shape index (κ3) is 3.35. The SMILES string of the molecule is Cc1oc(CNC(=O)Nc2cccnc2)cc1C(=O)O. The van der Waals surface area contributed by atoms with Gasteiger partial charge in [0.05, 0.1) is 18.4 Å². The zero-order valence-electron chi connectivity index (χ0n) is 10.7. The Hall–Kier alpha value is -2.83. The van der Waals surface area contributed by atoms with Crippen molar-refractivity contribution in [3.8, 4) is 0 Å². The number of carbonyl (C=O) groups excluding carboxylic acids is 1. The number of furan rings is 1. The van der Waals surface area contributed by atoms with Crippen molar-refractivity contribution in [3.63, 3.8) is 0 Å². The van der Waals surface area contributed by atoms with E-state index in [1.54, 1.807) is 25.3 Å². The summed E-state index contributed by atoms with van der Waals surface area (Å²) in [4.78, 5) is 26.3. The van der Waals surface area contributed by atoms with Crippen molar-refractivity contribution in [1.82, 2.24) is 10.3 Å². The molecular weight excluding hydrogens is 262 g/mol. The van der Waals surface area contributed by atoms with E-state index in [0.717, 1.165) is 0 Å². The van der Waals surface area contributed by atoms with Crippen molar-refractivity contribution in [2.24, 2.45) is 0 Å². The number of carboxylic acids is 1. The number of hydrogen-bond acceptors (Lipinski definition) is 4. The van der Waals surface area contributed by atoms with Crippen LogP contribution in [0.3, 0.4) is 0 Å². The molecule has 0 saturated carbocycles. The van der Waals surface area contributed by atoms with Gasteiger partial charge in [-0.15, -0.1) is 0 Å². The molecular formula is C13H13N3O4. The minimum atomic E-state index is -1.06. The highest BCUT2D eigenvalue weighted by atomic mass is 16.4. The van der Waals surface area contributed by atoms with Crippen LogP contribution in [-0.2, 0) is 6.54 Å². The summed E-state index contributed by atoms with van der Waals surface area (Å²) in [6.45, 7) is 1.66. The molecule has 0 atom stereocenters. The van der Waals surface area contributed by atoms with Crippen LogP contribution < -0.4 is 10.6 Å². The van der Waals surface area contributed by atoms with Crippen LogP contribution in [0, 0.1) is 6.92 Å². The number of nitrogens with zero attached hydrogens (tertiary/aromatic N) is 1. The number of carbonyl (C=O) groups is 2. The van der Waals surface area contributed by atoms with Crippen LogP contribution in [0.4, 0.5) is 10.5 Å². The van der Waals surface area contributed by atoms with Gasteiger partial charge in [-0.2, -0.15) is 0 Å². The molecule has 0 aliphatic heterocycles. The van der Waals surface area contributed by atoms with Crippen molar-refractivity contribution in [1.29, 1.82) is 0 Å². The predicted octanol–water partition coefficient (Wildman–Crippen LogP) is 2.00. The maximum atomic E-state index is 11.6. The lowest BCUT2D eigenvalue weighted by Gasteiger charge is -2.05. The molecule has 0 aliphatic carbocycles. The van der Waals surface area contributed by atoms with Gasteiger partial charge in [0.1, 0.15) is 17.1 Å². The average molecular weight is 275 g/mol. The van der Waals surface area contributed by atoms with Crippen LogP contribution in [-0.4, -0.2) is 22.1 Å². The summed E-state index contributed by atoms with van der Waals surface area (Å²) < 4.78 is 5.24. The molecule has 2 heterocycles. The van der Waals surface area contributed by atoms with E-state index in [1.165, 1.54) is 12.3 Å². The van der Waals surface area contributed by atoms with Gasteiger partial charge >= 0.3 is 12.0 Å². The Kier molecular flexibility index (Phi) is 3.99. The van der Waals surface area contributed by atoms with E-state index in [4.69, 9.17) is 9.52 Å². The maximum absolute atomic E-state index is 11.6. The zero-order valence-corrected chi connectivity index (χ0v) is 10.7. The van der Waals surface area contributed by atoms with E-state index in [1.807, 2.05) is 0 Å². The first-order valence-electron chi connectivity index (χ1n) is 5.83. The van der Waals surface area contributed by atoms with Crippen LogP contribution in [0.5, 0.6) is 0 Å². The van der Waals surface area contributed by atoms with Gasteiger partial charge in [-0.05, 0) is 25.1 Å². The van der Waals surface area contributed by atoms with E-state index >= 15 is 0 Å². The van der Waals surface area contributed by atoms with Crippen molar-refractivity contribution in [2.45, 2.75) is 13.5 Å². The Morgan fingerprint density at radius 2 is 2.25 bits per heavy atom. The molecule has 7 heteroatoms. The molecule has 7 nitrogen and oxygen atoms in total. The first-order valence-corrected chi connectivity index (χ1v) is 5.83. The molecule has 0 aromatic carbocycles. The van der Waals surface area contributed by atoms with Crippen LogP contribution in [0.25, 0.3) is 0 Å². The molecule has 2 aromatic heterocycles. The number of aromatic nitrogens is 1. The Labute approximate surface area is 114 Å². The zero-order chi connectivity index (χ0) is 14.5. The lowest BCUT2D eigenvalue weighted by atomic mass is 10.2. The number of hydrogen-bond donors (Lipinski definition) is 3. The normalized spacial score (nSPS) is 10.1. The van der Waals surface area contributed by atoms with Gasteiger partial charge in [0.2, 0.25) is 0 Å². The number of carboxylic acid groups (broad SMARTS) is 1. The Balaban J connectivity index is 1.90. The molecule has 104 valence electrons. The van der Waals surface area contributed by atoms with E-state index in [0.29, 0.717) is 17.2 Å². The molecule has 2 aromatic rings. The van der Waals surface area contributed by atoms with Gasteiger partial charge in [-0.1, -0.05) is 0 Å². The van der Waals surface area contributed by atoms with Crippen LogP contribution in [0.2, 0.25) is 0 Å². The number of rotatable bonds is 4. The van der Waals surface area contributed by atoms with E-state index in [9.17, 15) is 9.59 Å². The molecule has 3 N–H and O–H groups in total. The van der Waals surface area contributed by atoms with Gasteiger partial charge in [0.15, 0.2) is 0 Å². The first-order chi connectivity index (χ1) is 9.56. The number of nitrogens with one attached hydrogen (secondary N) is 2. The van der Waals surface area contributed by atoms with Crippen molar-refractivity contribution in [2.75, 3.05) is 5.32 Å². The third-order valence-corrected chi connectivity index (χ3v) is 2.54. The average Bonchev–Trinajstić information content (AvgIpc) is 2.79. The third-order valence-electron chi connectivity index (χ3n) is 2.54. The van der Waals surface area contributed by atoms with Gasteiger partial charge in [-0.3, -0.25) is 4.98 Å². The van der Waals surface area contributed by atoms with E-state index < -0.39 is 12.0 Å². The van der Waals surface area contributed by atoms with E-state index in [-0.39, 0.29) is 12.1 Å². The molecule has 2 amide bonds. The topological polar surface area (TPSA) is 104 Å². The predicted molar refractivity (Wildman–Crippen MR) is 70.5 cm³/mol. The fourth-order valence-corrected chi connectivity index (χ4v) is 1.62. The molecule has 20 heavy (non-hydrogen) atoms. The number of urea groups is 1. The highest BCUT2D eigenvalue weighted by molar-refractivity contribution is 5.89. The highest BCUT2D eigenvalue weighted by Crippen LogP contribution is 2.14. The molecule has 0 unspecified atom stereocenters. The lowest BCUT2D eigenvalue weighted by Crippen LogP contribution is -2.28. The summed E-state index contributed by atoms with van der Waals surface area (Å²) in [6.07, 6.45) is 3.11. The fraction of sp³-hybridized carbons (Fsp3) is 0.154. The molecule has 0 aliphatic rings. The molecule has 0 radical (unpaired) electrons. The number of pyridine rings is 1. The second kappa shape index (κ2) is 5.87.